The second-order valence-corrected chi connectivity index (χ2v) is 8.63. The number of carbonyl (C=O) groups excluding carboxylic acids is 3. The first kappa shape index (κ1) is 28.1. The van der Waals surface area contributed by atoms with Crippen LogP contribution < -0.4 is 40.2 Å². The predicted octanol–water partition coefficient (Wildman–Crippen LogP) is -2.10. The molecule has 0 bridgehead atoms. The number of aromatic nitrogens is 2. The number of carbonyl (C=O) groups is 3. The number of halogens is 2. The Kier molecular flexibility index (Phi) is 9.23. The van der Waals surface area contributed by atoms with E-state index in [1.165, 1.54) is 46.1 Å². The molecule has 1 aliphatic heterocycles. The minimum Gasteiger partial charge on any atom is -0.550 e. The number of hydrogen-bond acceptors (Lipinski definition) is 7. The molecular formula is C24H20ClFLiN5O5. The number of likely N-dealkylation sites (tertiary alicyclic amines) is 1. The number of hydrogen-bond donors (Lipinski definition) is 2. The molecule has 3 aromatic rings. The molecule has 1 aliphatic rings. The molecule has 2 amide bonds. The summed E-state index contributed by atoms with van der Waals surface area (Å²) in [5, 5.41) is 17.1. The molecule has 4 rings (SSSR count). The number of carboxylic acids is 1. The van der Waals surface area contributed by atoms with E-state index in [1.807, 2.05) is 0 Å². The summed E-state index contributed by atoms with van der Waals surface area (Å²) in [5.41, 5.74) is -0.265. The summed E-state index contributed by atoms with van der Waals surface area (Å²) in [5.74, 6) is -5.44. The summed E-state index contributed by atoms with van der Waals surface area (Å²) < 4.78 is 16.0. The topological polar surface area (TPSA) is 136 Å². The molecule has 13 heteroatoms. The average molecular weight is 520 g/mol. The Morgan fingerprint density at radius 1 is 1.08 bits per heavy atom. The fourth-order valence-electron chi connectivity index (χ4n) is 3.98. The molecule has 186 valence electrons. The molecule has 10 nitrogen and oxygen atoms in total. The molecule has 2 N–H and O–H groups in total. The summed E-state index contributed by atoms with van der Waals surface area (Å²) in [6, 6.07) is 11.4. The Labute approximate surface area is 227 Å². The van der Waals surface area contributed by atoms with E-state index < -0.39 is 35.4 Å². The number of rotatable bonds is 7. The smallest absolute Gasteiger partial charge is 0.550 e. The summed E-state index contributed by atoms with van der Waals surface area (Å²) in [6.45, 7) is -0.335. The Morgan fingerprint density at radius 3 is 2.49 bits per heavy atom. The second kappa shape index (κ2) is 12.2. The van der Waals surface area contributed by atoms with Crippen molar-refractivity contribution >= 4 is 40.9 Å². The van der Waals surface area contributed by atoms with Gasteiger partial charge in [-0.2, -0.15) is 0 Å². The van der Waals surface area contributed by atoms with Crippen LogP contribution in [0, 0.1) is 17.7 Å². The molecule has 2 atom stereocenters. The van der Waals surface area contributed by atoms with E-state index in [2.05, 4.69) is 15.6 Å². The zero-order chi connectivity index (χ0) is 25.8. The van der Waals surface area contributed by atoms with Gasteiger partial charge in [0.1, 0.15) is 11.6 Å². The number of carboxylic acid groups (broad SMARTS) is 1. The number of nitrogens with one attached hydrogen (secondary N) is 2. The first-order valence-electron chi connectivity index (χ1n) is 10.8. The normalized spacial score (nSPS) is 17.0. The van der Waals surface area contributed by atoms with Crippen LogP contribution in [0.4, 0.5) is 15.9 Å². The SMILES string of the molecule is O=C(CN1C[C@H](C(=O)[O-])[C@@H](C(=O)Nc2ccc(-n3ccccc3=O)cc2F)C1)Nc1ccc(Cl)cn1.[Li+]. The molecule has 0 aliphatic carbocycles. The van der Waals surface area contributed by atoms with Crippen molar-refractivity contribution in [3.8, 4) is 5.69 Å². The van der Waals surface area contributed by atoms with Gasteiger partial charge >= 0.3 is 18.9 Å². The van der Waals surface area contributed by atoms with Gasteiger partial charge in [-0.3, -0.25) is 23.9 Å². The van der Waals surface area contributed by atoms with E-state index in [-0.39, 0.29) is 61.2 Å². The van der Waals surface area contributed by atoms with Crippen molar-refractivity contribution in [3.05, 3.63) is 82.1 Å². The van der Waals surface area contributed by atoms with E-state index in [9.17, 15) is 28.7 Å². The van der Waals surface area contributed by atoms with Crippen LogP contribution in [-0.2, 0) is 14.4 Å². The molecule has 1 fully saturated rings. The van der Waals surface area contributed by atoms with Crippen LogP contribution in [0.3, 0.4) is 0 Å². The van der Waals surface area contributed by atoms with Gasteiger partial charge in [-0.1, -0.05) is 17.7 Å². The number of aliphatic carboxylic acids is 1. The van der Waals surface area contributed by atoms with Gasteiger partial charge < -0.3 is 20.5 Å². The molecule has 37 heavy (non-hydrogen) atoms. The van der Waals surface area contributed by atoms with Crippen molar-refractivity contribution < 1.29 is 42.7 Å². The van der Waals surface area contributed by atoms with Crippen LogP contribution in [0.1, 0.15) is 0 Å². The molecule has 0 saturated carbocycles. The van der Waals surface area contributed by atoms with Gasteiger partial charge in [0.15, 0.2) is 0 Å². The first-order valence-corrected chi connectivity index (χ1v) is 11.2. The number of benzene rings is 1. The van der Waals surface area contributed by atoms with Gasteiger partial charge in [0, 0.05) is 49.5 Å². The van der Waals surface area contributed by atoms with Crippen LogP contribution in [0.15, 0.2) is 65.7 Å². The molecule has 1 aromatic carbocycles. The maximum Gasteiger partial charge on any atom is 1.00 e. The summed E-state index contributed by atoms with van der Waals surface area (Å²) in [7, 11) is 0. The maximum atomic E-state index is 14.7. The summed E-state index contributed by atoms with van der Waals surface area (Å²) >= 11 is 5.77. The molecule has 0 spiro atoms. The number of amides is 2. The Bertz CT molecular complexity index is 1370. The molecule has 3 heterocycles. The van der Waals surface area contributed by atoms with Gasteiger partial charge in [-0.25, -0.2) is 9.37 Å². The number of anilines is 2. The Hall–Kier alpha value is -3.49. The zero-order valence-corrected chi connectivity index (χ0v) is 20.4. The van der Waals surface area contributed by atoms with Crippen molar-refractivity contribution in [3.63, 3.8) is 0 Å². The fourth-order valence-corrected chi connectivity index (χ4v) is 4.09. The Morgan fingerprint density at radius 2 is 1.84 bits per heavy atom. The van der Waals surface area contributed by atoms with E-state index >= 15 is 0 Å². The molecule has 0 unspecified atom stereocenters. The van der Waals surface area contributed by atoms with Gasteiger partial charge in [0.2, 0.25) is 11.8 Å². The van der Waals surface area contributed by atoms with Crippen molar-refractivity contribution in [1.82, 2.24) is 14.5 Å². The standard InChI is InChI=1S/C24H21ClFN5O5.Li/c25-14-4-7-20(27-10-14)29-21(32)13-30-11-16(17(12-30)24(35)36)23(34)28-19-6-5-15(9-18(19)26)31-8-2-1-3-22(31)33;/h1-10,16-17H,11-13H2,(H,28,34)(H,35,36)(H,27,29,32);/q;+1/p-1/t16-,17-;/m0./s1. The van der Waals surface area contributed by atoms with Crippen LogP contribution in [0.2, 0.25) is 5.02 Å². The van der Waals surface area contributed by atoms with E-state index in [0.717, 1.165) is 6.07 Å². The van der Waals surface area contributed by atoms with Crippen LogP contribution >= 0.6 is 11.6 Å². The average Bonchev–Trinajstić information content (AvgIpc) is 3.26. The van der Waals surface area contributed by atoms with Crippen LogP contribution in [-0.4, -0.2) is 51.9 Å². The number of pyridine rings is 2. The van der Waals surface area contributed by atoms with Gasteiger partial charge in [0.05, 0.1) is 28.9 Å². The van der Waals surface area contributed by atoms with Gasteiger partial charge in [0.25, 0.3) is 5.56 Å². The Balaban J connectivity index is 0.00000380. The second-order valence-electron chi connectivity index (χ2n) is 8.20. The molecule has 2 aromatic heterocycles. The van der Waals surface area contributed by atoms with Crippen LogP contribution in [0.25, 0.3) is 5.69 Å². The van der Waals surface area contributed by atoms with Gasteiger partial charge in [-0.15, -0.1) is 0 Å². The van der Waals surface area contributed by atoms with E-state index in [1.54, 1.807) is 18.2 Å². The van der Waals surface area contributed by atoms with Gasteiger partial charge in [-0.05, 0) is 30.3 Å². The molecular weight excluding hydrogens is 500 g/mol. The zero-order valence-electron chi connectivity index (χ0n) is 19.7. The summed E-state index contributed by atoms with van der Waals surface area (Å²) in [4.78, 5) is 54.3. The van der Waals surface area contributed by atoms with Crippen molar-refractivity contribution in [2.75, 3.05) is 30.3 Å². The van der Waals surface area contributed by atoms with Crippen molar-refractivity contribution in [1.29, 1.82) is 0 Å². The minimum atomic E-state index is -1.45. The van der Waals surface area contributed by atoms with E-state index in [4.69, 9.17) is 11.6 Å². The predicted molar refractivity (Wildman–Crippen MR) is 127 cm³/mol. The minimum absolute atomic E-state index is 0. The third-order valence-corrected chi connectivity index (χ3v) is 5.93. The van der Waals surface area contributed by atoms with Crippen LogP contribution in [0.5, 0.6) is 0 Å². The monoisotopic (exact) mass is 519 g/mol. The van der Waals surface area contributed by atoms with E-state index in [0.29, 0.717) is 5.02 Å². The van der Waals surface area contributed by atoms with Crippen molar-refractivity contribution in [2.45, 2.75) is 0 Å². The number of nitrogens with zero attached hydrogens (tertiary/aromatic N) is 3. The maximum absolute atomic E-state index is 14.7. The molecule has 0 radical (unpaired) electrons. The fraction of sp³-hybridized carbons (Fsp3) is 0.208. The first-order chi connectivity index (χ1) is 17.2. The molecule has 1 saturated heterocycles. The quantitative estimate of drug-likeness (QED) is 0.341. The summed E-state index contributed by atoms with van der Waals surface area (Å²) in [6.07, 6.45) is 2.84. The third kappa shape index (κ3) is 6.84. The third-order valence-electron chi connectivity index (χ3n) is 5.71. The largest absolute Gasteiger partial charge is 1.00 e. The van der Waals surface area contributed by atoms with Crippen molar-refractivity contribution in [2.24, 2.45) is 11.8 Å².